The highest BCUT2D eigenvalue weighted by Crippen LogP contribution is 2.28. The number of amides is 1. The molecule has 2 N–H and O–H groups in total. The van der Waals surface area contributed by atoms with E-state index in [1.807, 2.05) is 35.2 Å². The molecule has 1 aliphatic heterocycles. The molecule has 4 rings (SSSR count). The van der Waals surface area contributed by atoms with Crippen LogP contribution in [0.1, 0.15) is 59.7 Å². The van der Waals surface area contributed by atoms with Crippen LogP contribution in [0.4, 0.5) is 0 Å². The molecule has 1 aliphatic rings. The van der Waals surface area contributed by atoms with E-state index in [-0.39, 0.29) is 11.8 Å². The van der Waals surface area contributed by atoms with E-state index in [4.69, 9.17) is 16.3 Å². The molecule has 0 radical (unpaired) electrons. The highest BCUT2D eigenvalue weighted by atomic mass is 35.5. The first-order chi connectivity index (χ1) is 14.5. The minimum Gasteiger partial charge on any atom is -0.492 e. The first kappa shape index (κ1) is 20.5. The number of carbonyl (C=O) groups is 1. The van der Waals surface area contributed by atoms with Gasteiger partial charge in [-0.2, -0.15) is 10.2 Å². The van der Waals surface area contributed by atoms with E-state index in [1.165, 1.54) is 0 Å². The van der Waals surface area contributed by atoms with E-state index >= 15 is 0 Å². The molecule has 1 amide bonds. The number of benzene rings is 1. The lowest BCUT2D eigenvalue weighted by Crippen LogP contribution is -2.28. The van der Waals surface area contributed by atoms with Crippen molar-refractivity contribution in [2.24, 2.45) is 0 Å². The molecule has 1 atom stereocenters. The standard InChI is InChI=1S/C22H26ClN5O2/c1-14(2)18-12-20(27-25-18)22(29)28-9-7-15(13-28)19-11-16(24-26-19)8-10-30-21-6-4-3-5-17(21)23/h3-6,11-12,14-15H,7-10,13H2,1-2H3,(H,24,26)(H,25,27)/t15-/m1/s1. The molecular formula is C22H26ClN5O2. The summed E-state index contributed by atoms with van der Waals surface area (Å²) in [6.45, 7) is 6.02. The summed E-state index contributed by atoms with van der Waals surface area (Å²) in [7, 11) is 0. The second kappa shape index (κ2) is 8.92. The molecule has 30 heavy (non-hydrogen) atoms. The first-order valence-electron chi connectivity index (χ1n) is 10.3. The predicted molar refractivity (Wildman–Crippen MR) is 115 cm³/mol. The van der Waals surface area contributed by atoms with Crippen LogP contribution >= 0.6 is 11.6 Å². The third-order valence-electron chi connectivity index (χ3n) is 5.45. The van der Waals surface area contributed by atoms with Crippen molar-refractivity contribution in [3.05, 3.63) is 64.2 Å². The number of para-hydroxylation sites is 1. The summed E-state index contributed by atoms with van der Waals surface area (Å²) in [5.41, 5.74) is 3.46. The smallest absolute Gasteiger partial charge is 0.274 e. The number of rotatable bonds is 7. The average molecular weight is 428 g/mol. The lowest BCUT2D eigenvalue weighted by molar-refractivity contribution is 0.0785. The Balaban J connectivity index is 1.31. The van der Waals surface area contributed by atoms with Crippen LogP contribution in [-0.2, 0) is 6.42 Å². The minimum atomic E-state index is -0.0236. The van der Waals surface area contributed by atoms with Crippen molar-refractivity contribution in [3.63, 3.8) is 0 Å². The second-order valence-electron chi connectivity index (χ2n) is 7.95. The molecule has 0 aliphatic carbocycles. The van der Waals surface area contributed by atoms with Crippen LogP contribution in [0.2, 0.25) is 5.02 Å². The summed E-state index contributed by atoms with van der Waals surface area (Å²) in [6, 6.07) is 11.4. The maximum absolute atomic E-state index is 12.8. The number of nitrogens with zero attached hydrogens (tertiary/aromatic N) is 3. The molecule has 7 nitrogen and oxygen atoms in total. The van der Waals surface area contributed by atoms with Gasteiger partial charge in [0.2, 0.25) is 0 Å². The van der Waals surface area contributed by atoms with Gasteiger partial charge in [0.25, 0.3) is 5.91 Å². The summed E-state index contributed by atoms with van der Waals surface area (Å²) < 4.78 is 5.75. The Morgan fingerprint density at radius 1 is 1.27 bits per heavy atom. The summed E-state index contributed by atoms with van der Waals surface area (Å²) >= 11 is 6.11. The Bertz CT molecular complexity index is 1010. The van der Waals surface area contributed by atoms with Crippen LogP contribution in [-0.4, -0.2) is 50.9 Å². The number of hydrogen-bond acceptors (Lipinski definition) is 4. The molecular weight excluding hydrogens is 402 g/mol. The van der Waals surface area contributed by atoms with Crippen molar-refractivity contribution >= 4 is 17.5 Å². The fraction of sp³-hybridized carbons (Fsp3) is 0.409. The van der Waals surface area contributed by atoms with E-state index in [1.54, 1.807) is 0 Å². The molecule has 1 fully saturated rings. The number of H-pyrrole nitrogens is 2. The van der Waals surface area contributed by atoms with Crippen molar-refractivity contribution in [2.45, 2.75) is 38.5 Å². The van der Waals surface area contributed by atoms with E-state index < -0.39 is 0 Å². The van der Waals surface area contributed by atoms with E-state index in [9.17, 15) is 4.79 Å². The number of aromatic nitrogens is 4. The van der Waals surface area contributed by atoms with Crippen LogP contribution in [0, 0.1) is 0 Å². The largest absolute Gasteiger partial charge is 0.492 e. The number of carbonyl (C=O) groups excluding carboxylic acids is 1. The topological polar surface area (TPSA) is 86.9 Å². The van der Waals surface area contributed by atoms with Crippen LogP contribution in [0.5, 0.6) is 5.75 Å². The van der Waals surface area contributed by atoms with Gasteiger partial charge in [-0.1, -0.05) is 37.6 Å². The first-order valence-corrected chi connectivity index (χ1v) is 10.6. The molecule has 3 heterocycles. The van der Waals surface area contributed by atoms with Gasteiger partial charge in [0.05, 0.1) is 17.3 Å². The molecule has 0 saturated carbocycles. The van der Waals surface area contributed by atoms with Crippen molar-refractivity contribution in [1.82, 2.24) is 25.3 Å². The second-order valence-corrected chi connectivity index (χ2v) is 8.35. The number of hydrogen-bond donors (Lipinski definition) is 2. The van der Waals surface area contributed by atoms with Gasteiger partial charge in [-0.3, -0.25) is 15.0 Å². The van der Waals surface area contributed by atoms with Crippen LogP contribution in [0.25, 0.3) is 0 Å². The van der Waals surface area contributed by atoms with Gasteiger partial charge in [-0.25, -0.2) is 0 Å². The zero-order valence-corrected chi connectivity index (χ0v) is 17.9. The van der Waals surface area contributed by atoms with E-state index in [2.05, 4.69) is 40.3 Å². The summed E-state index contributed by atoms with van der Waals surface area (Å²) in [6.07, 6.45) is 1.60. The SMILES string of the molecule is CC(C)c1cc(C(=O)N2CC[C@@H](c3cc(CCOc4ccccc4Cl)[nH]n3)C2)n[nH]1. The van der Waals surface area contributed by atoms with Gasteiger partial charge in [-0.05, 0) is 36.6 Å². The summed E-state index contributed by atoms with van der Waals surface area (Å²) in [5.74, 6) is 1.20. The molecule has 0 bridgehead atoms. The molecule has 2 aromatic heterocycles. The van der Waals surface area contributed by atoms with Crippen LogP contribution in [0.15, 0.2) is 36.4 Å². The highest BCUT2D eigenvalue weighted by molar-refractivity contribution is 6.32. The number of nitrogens with one attached hydrogen (secondary N) is 2. The molecule has 1 aromatic carbocycles. The lowest BCUT2D eigenvalue weighted by Gasteiger charge is -2.14. The van der Waals surface area contributed by atoms with Gasteiger partial charge >= 0.3 is 0 Å². The lowest BCUT2D eigenvalue weighted by atomic mass is 10.0. The fourth-order valence-corrected chi connectivity index (χ4v) is 3.83. The Kier molecular flexibility index (Phi) is 6.08. The Morgan fingerprint density at radius 2 is 2.10 bits per heavy atom. The Morgan fingerprint density at radius 3 is 2.87 bits per heavy atom. The van der Waals surface area contributed by atoms with Crippen molar-refractivity contribution < 1.29 is 9.53 Å². The van der Waals surface area contributed by atoms with Gasteiger partial charge in [0.15, 0.2) is 0 Å². The summed E-state index contributed by atoms with van der Waals surface area (Å²) in [4.78, 5) is 14.6. The quantitative estimate of drug-likeness (QED) is 0.592. The minimum absolute atomic E-state index is 0.0236. The van der Waals surface area contributed by atoms with Crippen molar-refractivity contribution in [1.29, 1.82) is 0 Å². The van der Waals surface area contributed by atoms with E-state index in [0.717, 1.165) is 23.5 Å². The van der Waals surface area contributed by atoms with Gasteiger partial charge in [0, 0.05) is 36.8 Å². The summed E-state index contributed by atoms with van der Waals surface area (Å²) in [5, 5.41) is 15.3. The Hall–Kier alpha value is -2.80. The molecule has 158 valence electrons. The van der Waals surface area contributed by atoms with Crippen molar-refractivity contribution in [3.8, 4) is 5.75 Å². The molecule has 3 aromatic rings. The molecule has 0 unspecified atom stereocenters. The maximum atomic E-state index is 12.8. The normalized spacial score (nSPS) is 16.4. The van der Waals surface area contributed by atoms with Gasteiger partial charge < -0.3 is 9.64 Å². The fourth-order valence-electron chi connectivity index (χ4n) is 3.64. The molecule has 0 spiro atoms. The molecule has 8 heteroatoms. The van der Waals surface area contributed by atoms with Crippen LogP contribution in [0.3, 0.4) is 0 Å². The number of aromatic amines is 2. The van der Waals surface area contributed by atoms with E-state index in [0.29, 0.717) is 48.5 Å². The van der Waals surface area contributed by atoms with Crippen LogP contribution < -0.4 is 4.74 Å². The third-order valence-corrected chi connectivity index (χ3v) is 5.76. The number of ether oxygens (including phenoxy) is 1. The van der Waals surface area contributed by atoms with Crippen molar-refractivity contribution in [2.75, 3.05) is 19.7 Å². The zero-order chi connectivity index (χ0) is 21.1. The maximum Gasteiger partial charge on any atom is 0.274 e. The number of halogens is 1. The van der Waals surface area contributed by atoms with Gasteiger partial charge in [-0.15, -0.1) is 0 Å². The number of likely N-dealkylation sites (tertiary alicyclic amines) is 1. The Labute approximate surface area is 180 Å². The molecule has 1 saturated heterocycles. The van der Waals surface area contributed by atoms with Gasteiger partial charge in [0.1, 0.15) is 11.4 Å². The monoisotopic (exact) mass is 427 g/mol. The predicted octanol–water partition coefficient (Wildman–Crippen LogP) is 4.16. The highest BCUT2D eigenvalue weighted by Gasteiger charge is 2.30. The zero-order valence-electron chi connectivity index (χ0n) is 17.2. The average Bonchev–Trinajstić information content (AvgIpc) is 3.49. The third kappa shape index (κ3) is 4.51.